The van der Waals surface area contributed by atoms with E-state index in [0.717, 1.165) is 6.26 Å². The molecule has 0 aliphatic rings. The molecule has 5 nitrogen and oxygen atoms in total. The van der Waals surface area contributed by atoms with Crippen LogP contribution in [0.25, 0.3) is 0 Å². The highest BCUT2D eigenvalue weighted by atomic mass is 16.7. The molecule has 0 amide bonds. The molecule has 0 rings (SSSR count). The molecule has 0 bridgehead atoms. The second-order valence-electron chi connectivity index (χ2n) is 2.40. The number of carbonyl (C=O) groups excluding carboxylic acids is 1. The summed E-state index contributed by atoms with van der Waals surface area (Å²) in [6.07, 6.45) is 0.785. The van der Waals surface area contributed by atoms with Crippen molar-refractivity contribution in [3.8, 4) is 0 Å². The Bertz CT molecular complexity index is 244. The first-order chi connectivity index (χ1) is 6.57. The van der Waals surface area contributed by atoms with Gasteiger partial charge >= 0.3 is 12.1 Å². The SMILES string of the molecule is C=COC(=O)OCCCC(=C)C(=O)O. The van der Waals surface area contributed by atoms with E-state index in [-0.39, 0.29) is 18.6 Å². The van der Waals surface area contributed by atoms with E-state index in [2.05, 4.69) is 22.6 Å². The van der Waals surface area contributed by atoms with Crippen molar-refractivity contribution in [3.63, 3.8) is 0 Å². The molecule has 0 saturated heterocycles. The number of rotatable bonds is 6. The van der Waals surface area contributed by atoms with Crippen LogP contribution in [0.4, 0.5) is 4.79 Å². The van der Waals surface area contributed by atoms with E-state index < -0.39 is 12.1 Å². The van der Waals surface area contributed by atoms with Crippen LogP contribution in [0.3, 0.4) is 0 Å². The summed E-state index contributed by atoms with van der Waals surface area (Å²) in [6.45, 7) is 6.58. The van der Waals surface area contributed by atoms with E-state index in [1.807, 2.05) is 0 Å². The van der Waals surface area contributed by atoms with Gasteiger partial charge in [0.25, 0.3) is 0 Å². The van der Waals surface area contributed by atoms with Crippen LogP contribution in [-0.4, -0.2) is 23.8 Å². The van der Waals surface area contributed by atoms with Crippen LogP contribution in [0.5, 0.6) is 0 Å². The van der Waals surface area contributed by atoms with Crippen LogP contribution < -0.4 is 0 Å². The Balaban J connectivity index is 3.47. The average Bonchev–Trinajstić information content (AvgIpc) is 2.12. The van der Waals surface area contributed by atoms with Crippen molar-refractivity contribution in [1.82, 2.24) is 0 Å². The van der Waals surface area contributed by atoms with Gasteiger partial charge in [0.1, 0.15) is 0 Å². The minimum absolute atomic E-state index is 0.0886. The van der Waals surface area contributed by atoms with Crippen molar-refractivity contribution >= 4 is 12.1 Å². The Morgan fingerprint density at radius 2 is 2.07 bits per heavy atom. The number of hydrogen-bond acceptors (Lipinski definition) is 4. The number of carbonyl (C=O) groups is 2. The minimum atomic E-state index is -1.04. The van der Waals surface area contributed by atoms with E-state index in [0.29, 0.717) is 6.42 Å². The van der Waals surface area contributed by atoms with E-state index in [1.165, 1.54) is 0 Å². The van der Waals surface area contributed by atoms with E-state index in [9.17, 15) is 9.59 Å². The third kappa shape index (κ3) is 5.82. The molecule has 5 heteroatoms. The normalized spacial score (nSPS) is 8.86. The largest absolute Gasteiger partial charge is 0.513 e. The molecule has 0 aromatic rings. The summed E-state index contributed by atoms with van der Waals surface area (Å²) >= 11 is 0. The minimum Gasteiger partial charge on any atom is -0.478 e. The maximum atomic E-state index is 10.6. The molecule has 0 saturated carbocycles. The third-order valence-corrected chi connectivity index (χ3v) is 1.32. The third-order valence-electron chi connectivity index (χ3n) is 1.32. The first kappa shape index (κ1) is 12.2. The number of carboxylic acids is 1. The Morgan fingerprint density at radius 1 is 1.43 bits per heavy atom. The van der Waals surface area contributed by atoms with Crippen LogP contribution in [0.1, 0.15) is 12.8 Å². The lowest BCUT2D eigenvalue weighted by atomic mass is 10.2. The number of hydrogen-bond donors (Lipinski definition) is 1. The molecule has 0 fully saturated rings. The predicted octanol–water partition coefficient (Wildman–Crippen LogP) is 1.70. The van der Waals surface area contributed by atoms with Gasteiger partial charge in [-0.15, -0.1) is 0 Å². The summed E-state index contributed by atoms with van der Waals surface area (Å²) in [5.74, 6) is -1.04. The van der Waals surface area contributed by atoms with Crippen LogP contribution >= 0.6 is 0 Å². The topological polar surface area (TPSA) is 72.8 Å². The maximum absolute atomic E-state index is 10.6. The summed E-state index contributed by atoms with van der Waals surface area (Å²) in [6, 6.07) is 0. The highest BCUT2D eigenvalue weighted by molar-refractivity contribution is 5.85. The van der Waals surface area contributed by atoms with E-state index in [1.54, 1.807) is 0 Å². The molecule has 0 radical (unpaired) electrons. The lowest BCUT2D eigenvalue weighted by Crippen LogP contribution is -2.06. The maximum Gasteiger partial charge on any atom is 0.513 e. The number of carboxylic acid groups (broad SMARTS) is 1. The van der Waals surface area contributed by atoms with E-state index in [4.69, 9.17) is 5.11 Å². The molecule has 0 aromatic carbocycles. The Morgan fingerprint density at radius 3 is 2.57 bits per heavy atom. The second kappa shape index (κ2) is 6.71. The van der Waals surface area contributed by atoms with Crippen molar-refractivity contribution in [2.45, 2.75) is 12.8 Å². The van der Waals surface area contributed by atoms with Gasteiger partial charge in [-0.2, -0.15) is 0 Å². The van der Waals surface area contributed by atoms with Gasteiger partial charge in [-0.3, -0.25) is 0 Å². The Hall–Kier alpha value is -1.78. The molecule has 14 heavy (non-hydrogen) atoms. The zero-order valence-electron chi connectivity index (χ0n) is 7.69. The molecule has 1 N–H and O–H groups in total. The first-order valence-electron chi connectivity index (χ1n) is 3.93. The lowest BCUT2D eigenvalue weighted by Gasteiger charge is -2.02. The summed E-state index contributed by atoms with van der Waals surface area (Å²) in [5.41, 5.74) is 0.0886. The summed E-state index contributed by atoms with van der Waals surface area (Å²) in [5, 5.41) is 8.43. The lowest BCUT2D eigenvalue weighted by molar-refractivity contribution is -0.132. The molecule has 0 atom stereocenters. The van der Waals surface area contributed by atoms with Gasteiger partial charge in [0.05, 0.1) is 12.9 Å². The van der Waals surface area contributed by atoms with Crippen LogP contribution in [0.15, 0.2) is 25.0 Å². The van der Waals surface area contributed by atoms with Crippen molar-refractivity contribution in [2.24, 2.45) is 0 Å². The molecule has 0 heterocycles. The van der Waals surface area contributed by atoms with Gasteiger partial charge in [0, 0.05) is 5.57 Å². The van der Waals surface area contributed by atoms with Gasteiger partial charge in [-0.05, 0) is 12.8 Å². The highest BCUT2D eigenvalue weighted by Gasteiger charge is 2.05. The average molecular weight is 200 g/mol. The fourth-order valence-electron chi connectivity index (χ4n) is 0.650. The fraction of sp³-hybridized carbons (Fsp3) is 0.333. The molecule has 0 aliphatic heterocycles. The first-order valence-corrected chi connectivity index (χ1v) is 3.93. The Labute approximate surface area is 81.6 Å². The van der Waals surface area contributed by atoms with Gasteiger partial charge in [0.2, 0.25) is 0 Å². The highest BCUT2D eigenvalue weighted by Crippen LogP contribution is 2.02. The summed E-state index contributed by atoms with van der Waals surface area (Å²) < 4.78 is 8.81. The fourth-order valence-corrected chi connectivity index (χ4v) is 0.650. The van der Waals surface area contributed by atoms with Crippen molar-refractivity contribution in [2.75, 3.05) is 6.61 Å². The predicted molar refractivity (Wildman–Crippen MR) is 48.6 cm³/mol. The molecule has 0 aliphatic carbocycles. The smallest absolute Gasteiger partial charge is 0.478 e. The number of aliphatic carboxylic acids is 1. The quantitative estimate of drug-likeness (QED) is 0.306. The second-order valence-corrected chi connectivity index (χ2v) is 2.40. The molecule has 78 valence electrons. The standard InChI is InChI=1S/C9H12O5/c1-3-13-9(12)14-6-4-5-7(2)8(10)11/h3H,1-2,4-6H2,(H,10,11). The molecule has 0 spiro atoms. The molecular weight excluding hydrogens is 188 g/mol. The van der Waals surface area contributed by atoms with Gasteiger partial charge in [-0.1, -0.05) is 13.2 Å². The number of ether oxygens (including phenoxy) is 2. The van der Waals surface area contributed by atoms with Crippen LogP contribution in [0.2, 0.25) is 0 Å². The Kier molecular flexibility index (Phi) is 5.85. The zero-order valence-corrected chi connectivity index (χ0v) is 7.69. The van der Waals surface area contributed by atoms with Crippen molar-refractivity contribution in [1.29, 1.82) is 0 Å². The summed E-state index contributed by atoms with van der Waals surface area (Å²) in [4.78, 5) is 20.9. The zero-order chi connectivity index (χ0) is 11.0. The van der Waals surface area contributed by atoms with Gasteiger partial charge in [-0.25, -0.2) is 9.59 Å². The van der Waals surface area contributed by atoms with Crippen molar-refractivity contribution in [3.05, 3.63) is 25.0 Å². The monoisotopic (exact) mass is 200 g/mol. The molecular formula is C9H12O5. The van der Waals surface area contributed by atoms with Crippen molar-refractivity contribution < 1.29 is 24.2 Å². The molecule has 0 aromatic heterocycles. The van der Waals surface area contributed by atoms with E-state index >= 15 is 0 Å². The van der Waals surface area contributed by atoms with Gasteiger partial charge < -0.3 is 14.6 Å². The molecule has 0 unspecified atom stereocenters. The summed E-state index contributed by atoms with van der Waals surface area (Å²) in [7, 11) is 0. The van der Waals surface area contributed by atoms with Crippen LogP contribution in [-0.2, 0) is 14.3 Å². The van der Waals surface area contributed by atoms with Gasteiger partial charge in [0.15, 0.2) is 0 Å². The van der Waals surface area contributed by atoms with Crippen LogP contribution in [0, 0.1) is 0 Å².